The molecule has 0 bridgehead atoms. The van der Waals surface area contributed by atoms with Crippen LogP contribution in [0.3, 0.4) is 0 Å². The van der Waals surface area contributed by atoms with E-state index in [-0.39, 0.29) is 6.10 Å². The van der Waals surface area contributed by atoms with Gasteiger partial charge in [0.15, 0.2) is 10.7 Å². The quantitative estimate of drug-likeness (QED) is 0.476. The summed E-state index contributed by atoms with van der Waals surface area (Å²) in [6, 6.07) is 3.70. The molecule has 0 saturated carbocycles. The van der Waals surface area contributed by atoms with Crippen LogP contribution in [0.4, 0.5) is 11.4 Å². The van der Waals surface area contributed by atoms with E-state index in [1.54, 1.807) is 6.07 Å². The maximum atomic E-state index is 9.39. The van der Waals surface area contributed by atoms with Crippen molar-refractivity contribution in [1.29, 1.82) is 5.39 Å². The van der Waals surface area contributed by atoms with Crippen LogP contribution in [0.1, 0.15) is 46.5 Å². The Morgan fingerprint density at radius 3 is 2.60 bits per heavy atom. The first-order valence-electron chi connectivity index (χ1n) is 9.34. The number of anilines is 1. The number of rotatable bonds is 9. The molecule has 1 unspecified atom stereocenters. The smallest absolute Gasteiger partial charge is 0.430 e. The second-order valence-corrected chi connectivity index (χ2v) is 6.38. The molecule has 6 heteroatoms. The van der Waals surface area contributed by atoms with E-state index < -0.39 is 0 Å². The zero-order chi connectivity index (χ0) is 18.1. The molecule has 138 valence electrons. The molecule has 6 nitrogen and oxygen atoms in total. The van der Waals surface area contributed by atoms with Crippen molar-refractivity contribution in [2.24, 2.45) is 0 Å². The Morgan fingerprint density at radius 2 is 1.96 bits per heavy atom. The summed E-state index contributed by atoms with van der Waals surface area (Å²) < 4.78 is 17.4. The standard InChI is InChI=1S/C19H30N3O3/c1-4-6-7-10-24-18-14-17(22-8-11-23-12-9-22)19(13-16(18)21-20)25-15(3)5-2/h13-15H,4-12H2,1-3H3/q+1. The van der Waals surface area contributed by atoms with Crippen molar-refractivity contribution in [2.75, 3.05) is 37.8 Å². The molecule has 0 aromatic heterocycles. The van der Waals surface area contributed by atoms with Crippen molar-refractivity contribution in [1.82, 2.24) is 0 Å². The van der Waals surface area contributed by atoms with Crippen LogP contribution < -0.4 is 14.4 Å². The highest BCUT2D eigenvalue weighted by molar-refractivity contribution is 5.72. The zero-order valence-corrected chi connectivity index (χ0v) is 15.7. The zero-order valence-electron chi connectivity index (χ0n) is 15.7. The molecule has 1 saturated heterocycles. The first-order valence-corrected chi connectivity index (χ1v) is 9.34. The highest BCUT2D eigenvalue weighted by atomic mass is 16.5. The Morgan fingerprint density at radius 1 is 1.20 bits per heavy atom. The average Bonchev–Trinajstić information content (AvgIpc) is 2.66. The van der Waals surface area contributed by atoms with Crippen LogP contribution in [0.25, 0.3) is 4.98 Å². The molecule has 1 aliphatic heterocycles. The molecule has 25 heavy (non-hydrogen) atoms. The van der Waals surface area contributed by atoms with E-state index in [0.717, 1.165) is 50.2 Å². The number of benzene rings is 1. The molecular weight excluding hydrogens is 318 g/mol. The minimum absolute atomic E-state index is 0.0858. The molecule has 1 aromatic carbocycles. The fraction of sp³-hybridized carbons (Fsp3) is 0.684. The topological polar surface area (TPSA) is 59.1 Å². The number of morpholine rings is 1. The van der Waals surface area contributed by atoms with Crippen molar-refractivity contribution < 1.29 is 14.2 Å². The molecule has 1 atom stereocenters. The molecular formula is C19H30N3O3+. The fourth-order valence-corrected chi connectivity index (χ4v) is 2.71. The second kappa shape index (κ2) is 10.1. The van der Waals surface area contributed by atoms with E-state index in [2.05, 4.69) is 23.7 Å². The van der Waals surface area contributed by atoms with Crippen LogP contribution in [0.2, 0.25) is 0 Å². The van der Waals surface area contributed by atoms with E-state index in [1.165, 1.54) is 0 Å². The lowest BCUT2D eigenvalue weighted by molar-refractivity contribution is 0.122. The van der Waals surface area contributed by atoms with Gasteiger partial charge in [0.2, 0.25) is 11.1 Å². The average molecular weight is 348 g/mol. The van der Waals surface area contributed by atoms with Crippen molar-refractivity contribution >= 4 is 11.4 Å². The monoisotopic (exact) mass is 348 g/mol. The Hall–Kier alpha value is -2.00. The highest BCUT2D eigenvalue weighted by Crippen LogP contribution is 2.41. The molecule has 1 heterocycles. The molecule has 0 radical (unpaired) electrons. The predicted octanol–water partition coefficient (Wildman–Crippen LogP) is 4.75. The van der Waals surface area contributed by atoms with Gasteiger partial charge in [-0.3, -0.25) is 0 Å². The summed E-state index contributed by atoms with van der Waals surface area (Å²) in [6.07, 6.45) is 4.24. The number of hydrogen-bond donors (Lipinski definition) is 0. The van der Waals surface area contributed by atoms with Crippen molar-refractivity contribution in [3.8, 4) is 11.5 Å². The van der Waals surface area contributed by atoms with Crippen LogP contribution in [-0.2, 0) is 4.74 Å². The van der Waals surface area contributed by atoms with Gasteiger partial charge in [-0.25, -0.2) is 0 Å². The maximum absolute atomic E-state index is 9.39. The number of hydrogen-bond acceptors (Lipinski definition) is 5. The molecule has 0 spiro atoms. The van der Waals surface area contributed by atoms with E-state index in [9.17, 15) is 5.39 Å². The van der Waals surface area contributed by atoms with E-state index in [4.69, 9.17) is 14.2 Å². The van der Waals surface area contributed by atoms with Gasteiger partial charge in [0.1, 0.15) is 0 Å². The molecule has 0 N–H and O–H groups in total. The van der Waals surface area contributed by atoms with Gasteiger partial charge in [-0.05, 0) is 19.8 Å². The van der Waals surface area contributed by atoms with Crippen LogP contribution in [0.15, 0.2) is 12.1 Å². The first kappa shape index (κ1) is 19.3. The lowest BCUT2D eigenvalue weighted by Gasteiger charge is -2.30. The third-order valence-corrected chi connectivity index (χ3v) is 4.41. The SMILES string of the molecule is CCCCCOc1cc(N2CCOCC2)c(OC(C)CC)cc1[N+]#N. The lowest BCUT2D eigenvalue weighted by atomic mass is 10.2. The van der Waals surface area contributed by atoms with Gasteiger partial charge < -0.3 is 19.1 Å². The first-order chi connectivity index (χ1) is 12.2. The summed E-state index contributed by atoms with van der Waals surface area (Å²) in [5.41, 5.74) is 1.38. The van der Waals surface area contributed by atoms with Gasteiger partial charge in [0.05, 0.1) is 37.7 Å². The summed E-state index contributed by atoms with van der Waals surface area (Å²) in [7, 11) is 0. The van der Waals surface area contributed by atoms with Crippen LogP contribution in [-0.4, -0.2) is 39.0 Å². The van der Waals surface area contributed by atoms with Gasteiger partial charge in [0.25, 0.3) is 0 Å². The third-order valence-electron chi connectivity index (χ3n) is 4.41. The van der Waals surface area contributed by atoms with E-state index >= 15 is 0 Å². The van der Waals surface area contributed by atoms with E-state index in [0.29, 0.717) is 31.3 Å². The Kier molecular flexibility index (Phi) is 7.80. The minimum atomic E-state index is 0.0858. The molecule has 1 aliphatic rings. The maximum Gasteiger partial charge on any atom is 0.430 e. The summed E-state index contributed by atoms with van der Waals surface area (Å²) >= 11 is 0. The Balaban J connectivity index is 2.28. The van der Waals surface area contributed by atoms with Gasteiger partial charge in [-0.2, -0.15) is 0 Å². The Bertz CT molecular complexity index is 580. The number of diazo groups is 1. The van der Waals surface area contributed by atoms with Crippen molar-refractivity contribution in [3.05, 3.63) is 17.1 Å². The van der Waals surface area contributed by atoms with Crippen molar-refractivity contribution in [3.63, 3.8) is 0 Å². The third kappa shape index (κ3) is 5.50. The van der Waals surface area contributed by atoms with E-state index in [1.807, 2.05) is 13.0 Å². The van der Waals surface area contributed by atoms with Gasteiger partial charge in [-0.1, -0.05) is 26.7 Å². The van der Waals surface area contributed by atoms with Gasteiger partial charge in [0, 0.05) is 19.2 Å². The molecule has 0 aliphatic carbocycles. The molecule has 2 rings (SSSR count). The predicted molar refractivity (Wildman–Crippen MR) is 99.6 cm³/mol. The number of unbranched alkanes of at least 4 members (excludes halogenated alkanes) is 2. The Labute approximate surface area is 150 Å². The van der Waals surface area contributed by atoms with Crippen LogP contribution in [0, 0.1) is 5.39 Å². The van der Waals surface area contributed by atoms with Gasteiger partial charge in [-0.15, -0.1) is 0 Å². The lowest BCUT2D eigenvalue weighted by Crippen LogP contribution is -2.36. The second-order valence-electron chi connectivity index (χ2n) is 6.38. The van der Waals surface area contributed by atoms with Crippen LogP contribution >= 0.6 is 0 Å². The van der Waals surface area contributed by atoms with Crippen molar-refractivity contribution in [2.45, 2.75) is 52.6 Å². The summed E-state index contributed by atoms with van der Waals surface area (Å²) in [5.74, 6) is 1.32. The molecule has 1 fully saturated rings. The molecule has 1 aromatic rings. The molecule has 0 amide bonds. The minimum Gasteiger partial charge on any atom is -0.488 e. The summed E-state index contributed by atoms with van der Waals surface area (Å²) in [4.78, 5) is 5.64. The largest absolute Gasteiger partial charge is 0.488 e. The number of nitrogens with zero attached hydrogens (tertiary/aromatic N) is 3. The summed E-state index contributed by atoms with van der Waals surface area (Å²) in [6.45, 7) is 9.90. The fourth-order valence-electron chi connectivity index (χ4n) is 2.71. The number of ether oxygens (including phenoxy) is 3. The highest BCUT2D eigenvalue weighted by Gasteiger charge is 2.25. The van der Waals surface area contributed by atoms with Crippen LogP contribution in [0.5, 0.6) is 11.5 Å². The summed E-state index contributed by atoms with van der Waals surface area (Å²) in [5, 5.41) is 9.39. The normalized spacial score (nSPS) is 15.5. The van der Waals surface area contributed by atoms with Gasteiger partial charge >= 0.3 is 5.69 Å².